The Morgan fingerprint density at radius 2 is 1.81 bits per heavy atom. The Balaban J connectivity index is 1.94. The number of nitrogens with one attached hydrogen (secondary N) is 2. The third-order valence-corrected chi connectivity index (χ3v) is 5.64. The normalized spacial score (nSPS) is 11.6. The highest BCUT2D eigenvalue weighted by Crippen LogP contribution is 2.20. The zero-order valence-corrected chi connectivity index (χ0v) is 16.8. The van der Waals surface area contributed by atoms with Crippen LogP contribution in [0, 0.1) is 5.82 Å². The molecule has 1 amide bonds. The predicted octanol–water partition coefficient (Wildman–Crippen LogP) is 3.85. The maximum Gasteiger partial charge on any atom is 0.240 e. The lowest BCUT2D eigenvalue weighted by atomic mass is 10.1. The monoisotopic (exact) mass is 442 g/mol. The Labute approximate surface area is 161 Å². The molecular formula is C18H20BrFN2O3S. The van der Waals surface area contributed by atoms with E-state index in [1.54, 1.807) is 32.0 Å². The molecule has 2 rings (SSSR count). The largest absolute Gasteiger partial charge is 0.324 e. The maximum atomic E-state index is 13.7. The zero-order chi connectivity index (χ0) is 19.3. The van der Waals surface area contributed by atoms with Gasteiger partial charge in [-0.2, -0.15) is 0 Å². The second kappa shape index (κ2) is 8.75. The summed E-state index contributed by atoms with van der Waals surface area (Å²) in [6, 6.07) is 10.6. The topological polar surface area (TPSA) is 75.3 Å². The van der Waals surface area contributed by atoms with Gasteiger partial charge in [0.2, 0.25) is 15.9 Å². The second-order valence-corrected chi connectivity index (χ2v) is 8.72. The highest BCUT2D eigenvalue weighted by Gasteiger charge is 2.15. The van der Waals surface area contributed by atoms with Gasteiger partial charge in [-0.3, -0.25) is 4.79 Å². The summed E-state index contributed by atoms with van der Waals surface area (Å²) >= 11 is 3.16. The van der Waals surface area contributed by atoms with E-state index in [2.05, 4.69) is 26.0 Å². The van der Waals surface area contributed by atoms with Crippen LogP contribution in [0.5, 0.6) is 0 Å². The van der Waals surface area contributed by atoms with Gasteiger partial charge in [-0.05, 0) is 56.2 Å². The summed E-state index contributed by atoms with van der Waals surface area (Å²) in [5.74, 6) is -0.829. The van der Waals surface area contributed by atoms with Gasteiger partial charge in [0, 0.05) is 16.9 Å². The number of hydrogen-bond acceptors (Lipinski definition) is 3. The van der Waals surface area contributed by atoms with E-state index in [0.29, 0.717) is 10.9 Å². The van der Waals surface area contributed by atoms with Gasteiger partial charge in [0.15, 0.2) is 0 Å². The molecule has 0 spiro atoms. The Morgan fingerprint density at radius 1 is 1.15 bits per heavy atom. The summed E-state index contributed by atoms with van der Waals surface area (Å²) in [7, 11) is -3.53. The average molecular weight is 443 g/mol. The molecule has 2 aromatic carbocycles. The molecule has 0 fully saturated rings. The van der Waals surface area contributed by atoms with Crippen molar-refractivity contribution in [2.75, 3.05) is 5.32 Å². The number of aryl methyl sites for hydroxylation is 1. The van der Waals surface area contributed by atoms with E-state index in [4.69, 9.17) is 0 Å². The molecule has 0 aliphatic rings. The van der Waals surface area contributed by atoms with Crippen LogP contribution in [0.15, 0.2) is 51.8 Å². The highest BCUT2D eigenvalue weighted by molar-refractivity contribution is 9.10. The molecule has 0 atom stereocenters. The molecule has 0 bridgehead atoms. The van der Waals surface area contributed by atoms with E-state index in [1.165, 1.54) is 24.3 Å². The van der Waals surface area contributed by atoms with E-state index in [-0.39, 0.29) is 29.0 Å². The van der Waals surface area contributed by atoms with Gasteiger partial charge in [0.05, 0.1) is 10.6 Å². The lowest BCUT2D eigenvalue weighted by Crippen LogP contribution is -2.30. The van der Waals surface area contributed by atoms with Crippen LogP contribution in [-0.2, 0) is 21.2 Å². The Hall–Kier alpha value is -1.77. The minimum atomic E-state index is -3.53. The number of hydrogen-bond donors (Lipinski definition) is 2. The van der Waals surface area contributed by atoms with Gasteiger partial charge in [-0.1, -0.05) is 28.1 Å². The van der Waals surface area contributed by atoms with Crippen molar-refractivity contribution in [2.24, 2.45) is 0 Å². The second-order valence-electron chi connectivity index (χ2n) is 6.09. The molecule has 5 nitrogen and oxygen atoms in total. The van der Waals surface area contributed by atoms with Crippen LogP contribution in [0.2, 0.25) is 0 Å². The molecule has 26 heavy (non-hydrogen) atoms. The van der Waals surface area contributed by atoms with E-state index in [0.717, 1.165) is 5.56 Å². The third kappa shape index (κ3) is 5.89. The molecule has 2 aromatic rings. The van der Waals surface area contributed by atoms with Crippen LogP contribution in [0.1, 0.15) is 25.8 Å². The van der Waals surface area contributed by atoms with Crippen molar-refractivity contribution in [1.29, 1.82) is 0 Å². The molecule has 0 saturated carbocycles. The van der Waals surface area contributed by atoms with Crippen molar-refractivity contribution >= 4 is 37.5 Å². The van der Waals surface area contributed by atoms with Gasteiger partial charge < -0.3 is 5.32 Å². The van der Waals surface area contributed by atoms with Gasteiger partial charge in [0.25, 0.3) is 0 Å². The quantitative estimate of drug-likeness (QED) is 0.683. The number of anilines is 1. The number of amides is 1. The van der Waals surface area contributed by atoms with E-state index in [9.17, 15) is 17.6 Å². The van der Waals surface area contributed by atoms with E-state index in [1.807, 2.05) is 0 Å². The maximum absolute atomic E-state index is 13.7. The van der Waals surface area contributed by atoms with Crippen LogP contribution >= 0.6 is 15.9 Å². The SMILES string of the molecule is CC(C)NS(=O)(=O)c1ccc(CCC(=O)Nc2ccc(Br)cc2F)cc1. The molecule has 0 aliphatic heterocycles. The van der Waals surface area contributed by atoms with Crippen LogP contribution in [0.3, 0.4) is 0 Å². The first-order chi connectivity index (χ1) is 12.2. The Kier molecular flexibility index (Phi) is 6.91. The lowest BCUT2D eigenvalue weighted by Gasteiger charge is -2.10. The smallest absolute Gasteiger partial charge is 0.240 e. The van der Waals surface area contributed by atoms with Crippen LogP contribution in [0.4, 0.5) is 10.1 Å². The molecule has 0 radical (unpaired) electrons. The van der Waals surface area contributed by atoms with Crippen molar-refractivity contribution in [1.82, 2.24) is 4.72 Å². The number of benzene rings is 2. The third-order valence-electron chi connectivity index (χ3n) is 3.47. The number of sulfonamides is 1. The lowest BCUT2D eigenvalue weighted by molar-refractivity contribution is -0.116. The molecule has 2 N–H and O–H groups in total. The number of rotatable bonds is 7. The van der Waals surface area contributed by atoms with Gasteiger partial charge in [-0.25, -0.2) is 17.5 Å². The first-order valence-electron chi connectivity index (χ1n) is 8.03. The number of carbonyl (C=O) groups excluding carboxylic acids is 1. The van der Waals surface area contributed by atoms with Crippen LogP contribution in [-0.4, -0.2) is 20.4 Å². The van der Waals surface area contributed by atoms with E-state index >= 15 is 0 Å². The minimum absolute atomic E-state index is 0.124. The number of halogens is 2. The molecule has 0 aromatic heterocycles. The van der Waals surface area contributed by atoms with Gasteiger partial charge in [-0.15, -0.1) is 0 Å². The first-order valence-corrected chi connectivity index (χ1v) is 10.3. The minimum Gasteiger partial charge on any atom is -0.324 e. The Bertz CT molecular complexity index is 884. The summed E-state index contributed by atoms with van der Waals surface area (Å²) in [5.41, 5.74) is 0.944. The Morgan fingerprint density at radius 3 is 2.38 bits per heavy atom. The van der Waals surface area contributed by atoms with Crippen molar-refractivity contribution in [3.63, 3.8) is 0 Å². The van der Waals surface area contributed by atoms with Crippen molar-refractivity contribution in [3.8, 4) is 0 Å². The predicted molar refractivity (Wildman–Crippen MR) is 103 cm³/mol. The fourth-order valence-electron chi connectivity index (χ4n) is 2.28. The molecule has 0 saturated heterocycles. The molecule has 140 valence electrons. The van der Waals surface area contributed by atoms with Gasteiger partial charge in [0.1, 0.15) is 5.82 Å². The average Bonchev–Trinajstić information content (AvgIpc) is 2.55. The zero-order valence-electron chi connectivity index (χ0n) is 14.4. The van der Waals surface area contributed by atoms with E-state index < -0.39 is 15.8 Å². The van der Waals surface area contributed by atoms with Crippen LogP contribution in [0.25, 0.3) is 0 Å². The summed E-state index contributed by atoms with van der Waals surface area (Å²) in [6.45, 7) is 3.50. The molecular weight excluding hydrogens is 423 g/mol. The summed E-state index contributed by atoms with van der Waals surface area (Å²) in [4.78, 5) is 12.2. The van der Waals surface area contributed by atoms with Gasteiger partial charge >= 0.3 is 0 Å². The fourth-order valence-corrected chi connectivity index (χ4v) is 3.86. The molecule has 0 unspecified atom stereocenters. The summed E-state index contributed by atoms with van der Waals surface area (Å²) in [6.07, 6.45) is 0.577. The first kappa shape index (κ1) is 20.5. The van der Waals surface area contributed by atoms with Crippen LogP contribution < -0.4 is 10.0 Å². The van der Waals surface area contributed by atoms with Crippen molar-refractivity contribution < 1.29 is 17.6 Å². The number of carbonyl (C=O) groups is 1. The van der Waals surface area contributed by atoms with Crippen molar-refractivity contribution in [2.45, 2.75) is 37.6 Å². The highest BCUT2D eigenvalue weighted by atomic mass is 79.9. The standard InChI is InChI=1S/C18H20BrFN2O3S/c1-12(2)22-26(24,25)15-7-3-13(4-8-15)5-10-18(23)21-17-9-6-14(19)11-16(17)20/h3-4,6-9,11-12,22H,5,10H2,1-2H3,(H,21,23). The van der Waals surface area contributed by atoms with Crippen molar-refractivity contribution in [3.05, 3.63) is 58.3 Å². The molecule has 0 aliphatic carbocycles. The summed E-state index contributed by atoms with van der Waals surface area (Å²) in [5, 5.41) is 2.52. The molecule has 8 heteroatoms. The molecule has 0 heterocycles. The summed E-state index contributed by atoms with van der Waals surface area (Å²) < 4.78 is 40.9. The fraction of sp³-hybridized carbons (Fsp3) is 0.278.